The molecule has 4 heteroatoms. The van der Waals surface area contributed by atoms with E-state index in [9.17, 15) is 9.18 Å². The first-order valence-electron chi connectivity index (χ1n) is 5.65. The van der Waals surface area contributed by atoms with Gasteiger partial charge in [-0.25, -0.2) is 4.39 Å². The van der Waals surface area contributed by atoms with Gasteiger partial charge in [-0.15, -0.1) is 0 Å². The van der Waals surface area contributed by atoms with Crippen molar-refractivity contribution < 1.29 is 9.18 Å². The third-order valence-electron chi connectivity index (χ3n) is 2.52. The monoisotopic (exact) mass is 244 g/mol. The van der Waals surface area contributed by atoms with Crippen molar-refractivity contribution in [2.75, 3.05) is 0 Å². The van der Waals surface area contributed by atoms with Crippen LogP contribution in [0, 0.1) is 5.82 Å². The Hall–Kier alpha value is -2.23. The van der Waals surface area contributed by atoms with E-state index in [1.54, 1.807) is 36.7 Å². The van der Waals surface area contributed by atoms with Crippen LogP contribution in [0.15, 0.2) is 48.8 Å². The van der Waals surface area contributed by atoms with Gasteiger partial charge >= 0.3 is 0 Å². The lowest BCUT2D eigenvalue weighted by Crippen LogP contribution is -2.25. The predicted octanol–water partition coefficient (Wildman–Crippen LogP) is 2.08. The number of amides is 1. The number of benzene rings is 1. The first kappa shape index (κ1) is 12.2. The van der Waals surface area contributed by atoms with Crippen molar-refractivity contribution in [2.45, 2.75) is 13.0 Å². The second-order valence-electron chi connectivity index (χ2n) is 3.91. The summed E-state index contributed by atoms with van der Waals surface area (Å²) < 4.78 is 13.3. The normalized spacial score (nSPS) is 10.1. The summed E-state index contributed by atoms with van der Waals surface area (Å²) in [5.74, 6) is -0.453. The van der Waals surface area contributed by atoms with Gasteiger partial charge in [0.05, 0.1) is 6.42 Å². The van der Waals surface area contributed by atoms with Crippen molar-refractivity contribution in [3.63, 3.8) is 0 Å². The van der Waals surface area contributed by atoms with Crippen molar-refractivity contribution in [3.8, 4) is 0 Å². The third-order valence-corrected chi connectivity index (χ3v) is 2.52. The Bertz CT molecular complexity index is 528. The van der Waals surface area contributed by atoms with Gasteiger partial charge in [0.15, 0.2) is 0 Å². The number of pyridine rings is 1. The van der Waals surface area contributed by atoms with E-state index in [0.717, 1.165) is 5.56 Å². The van der Waals surface area contributed by atoms with Gasteiger partial charge in [-0.2, -0.15) is 0 Å². The van der Waals surface area contributed by atoms with Crippen molar-refractivity contribution in [1.82, 2.24) is 10.3 Å². The maximum atomic E-state index is 13.3. The number of carbonyl (C=O) groups excluding carboxylic acids is 1. The van der Waals surface area contributed by atoms with Crippen molar-refractivity contribution in [1.29, 1.82) is 0 Å². The molecule has 2 aromatic rings. The van der Waals surface area contributed by atoms with E-state index in [4.69, 9.17) is 0 Å². The van der Waals surface area contributed by atoms with E-state index >= 15 is 0 Å². The fourth-order valence-corrected chi connectivity index (χ4v) is 1.59. The maximum Gasteiger partial charge on any atom is 0.224 e. The molecule has 18 heavy (non-hydrogen) atoms. The van der Waals surface area contributed by atoms with Crippen LogP contribution >= 0.6 is 0 Å². The standard InChI is InChI=1S/C14H13FN2O/c15-13-6-2-1-5-12(13)10-17-14(18)8-11-4-3-7-16-9-11/h1-7,9H,8,10H2,(H,17,18). The Balaban J connectivity index is 1.88. The quantitative estimate of drug-likeness (QED) is 0.894. The minimum Gasteiger partial charge on any atom is -0.352 e. The van der Waals surface area contributed by atoms with Crippen molar-refractivity contribution >= 4 is 5.91 Å². The molecule has 2 rings (SSSR count). The van der Waals surface area contributed by atoms with E-state index in [1.165, 1.54) is 6.07 Å². The van der Waals surface area contributed by atoms with Gasteiger partial charge in [0.25, 0.3) is 0 Å². The van der Waals surface area contributed by atoms with Crippen molar-refractivity contribution in [2.24, 2.45) is 0 Å². The Morgan fingerprint density at radius 1 is 1.22 bits per heavy atom. The minimum atomic E-state index is -0.306. The van der Waals surface area contributed by atoms with E-state index in [-0.39, 0.29) is 24.7 Å². The summed E-state index contributed by atoms with van der Waals surface area (Å²) in [5, 5.41) is 2.68. The topological polar surface area (TPSA) is 42.0 Å². The Kier molecular flexibility index (Phi) is 4.02. The summed E-state index contributed by atoms with van der Waals surface area (Å²) in [7, 11) is 0. The molecule has 1 heterocycles. The molecule has 1 amide bonds. The fourth-order valence-electron chi connectivity index (χ4n) is 1.59. The number of hydrogen-bond acceptors (Lipinski definition) is 2. The van der Waals surface area contributed by atoms with E-state index in [0.29, 0.717) is 5.56 Å². The number of carbonyl (C=O) groups is 1. The van der Waals surface area contributed by atoms with E-state index in [2.05, 4.69) is 10.3 Å². The summed E-state index contributed by atoms with van der Waals surface area (Å²) in [6, 6.07) is 10.00. The first-order valence-corrected chi connectivity index (χ1v) is 5.65. The number of halogens is 1. The van der Waals surface area contributed by atoms with E-state index < -0.39 is 0 Å². The van der Waals surface area contributed by atoms with Gasteiger partial charge in [-0.1, -0.05) is 24.3 Å². The molecule has 0 spiro atoms. The van der Waals surface area contributed by atoms with Crippen molar-refractivity contribution in [3.05, 3.63) is 65.7 Å². The van der Waals surface area contributed by atoms with Crippen LogP contribution in [0.1, 0.15) is 11.1 Å². The predicted molar refractivity (Wildman–Crippen MR) is 66.2 cm³/mol. The highest BCUT2D eigenvalue weighted by Crippen LogP contribution is 2.05. The first-order chi connectivity index (χ1) is 8.75. The zero-order valence-corrected chi connectivity index (χ0v) is 9.77. The Morgan fingerprint density at radius 2 is 2.06 bits per heavy atom. The zero-order chi connectivity index (χ0) is 12.8. The summed E-state index contributed by atoms with van der Waals surface area (Å²) in [6.07, 6.45) is 3.55. The zero-order valence-electron chi connectivity index (χ0n) is 9.77. The lowest BCUT2D eigenvalue weighted by Gasteiger charge is -2.06. The van der Waals surface area contributed by atoms with Gasteiger partial charge in [0.1, 0.15) is 5.82 Å². The number of rotatable bonds is 4. The van der Waals surface area contributed by atoms with Crippen LogP contribution in [0.2, 0.25) is 0 Å². The molecule has 0 saturated carbocycles. The van der Waals surface area contributed by atoms with E-state index in [1.807, 2.05) is 6.07 Å². The lowest BCUT2D eigenvalue weighted by atomic mass is 10.2. The van der Waals surface area contributed by atoms with Gasteiger partial charge in [-0.3, -0.25) is 9.78 Å². The summed E-state index contributed by atoms with van der Waals surface area (Å²) in [6.45, 7) is 0.200. The third kappa shape index (κ3) is 3.38. The maximum absolute atomic E-state index is 13.3. The van der Waals surface area contributed by atoms with Gasteiger partial charge in [0.2, 0.25) is 5.91 Å². The molecule has 1 aromatic carbocycles. The molecule has 0 bridgehead atoms. The van der Waals surface area contributed by atoms with Gasteiger partial charge < -0.3 is 5.32 Å². The van der Waals surface area contributed by atoms with Crippen LogP contribution in [-0.4, -0.2) is 10.9 Å². The average molecular weight is 244 g/mol. The summed E-state index contributed by atoms with van der Waals surface area (Å²) in [4.78, 5) is 15.6. The molecule has 0 aliphatic heterocycles. The lowest BCUT2D eigenvalue weighted by molar-refractivity contribution is -0.120. The number of aromatic nitrogens is 1. The molecule has 0 atom stereocenters. The Labute approximate surface area is 105 Å². The van der Waals surface area contributed by atoms with Crippen LogP contribution in [0.5, 0.6) is 0 Å². The van der Waals surface area contributed by atoms with Crippen LogP contribution in [0.3, 0.4) is 0 Å². The molecule has 1 N–H and O–H groups in total. The van der Waals surface area contributed by atoms with Crippen LogP contribution in [0.4, 0.5) is 4.39 Å². The largest absolute Gasteiger partial charge is 0.352 e. The number of hydrogen-bond donors (Lipinski definition) is 1. The second-order valence-corrected chi connectivity index (χ2v) is 3.91. The highest BCUT2D eigenvalue weighted by molar-refractivity contribution is 5.78. The Morgan fingerprint density at radius 3 is 2.78 bits per heavy atom. The SMILES string of the molecule is O=C(Cc1cccnc1)NCc1ccccc1F. The molecule has 92 valence electrons. The minimum absolute atomic E-state index is 0.147. The fraction of sp³-hybridized carbons (Fsp3) is 0.143. The van der Waals surface area contributed by atoms with Crippen LogP contribution < -0.4 is 5.32 Å². The number of nitrogens with zero attached hydrogens (tertiary/aromatic N) is 1. The smallest absolute Gasteiger partial charge is 0.224 e. The average Bonchev–Trinajstić information content (AvgIpc) is 2.39. The van der Waals surface area contributed by atoms with Gasteiger partial charge in [0, 0.05) is 24.5 Å². The molecule has 0 aliphatic rings. The second kappa shape index (κ2) is 5.91. The molecular weight excluding hydrogens is 231 g/mol. The molecule has 0 fully saturated rings. The summed E-state index contributed by atoms with van der Waals surface area (Å²) in [5.41, 5.74) is 1.32. The van der Waals surface area contributed by atoms with Gasteiger partial charge in [-0.05, 0) is 17.7 Å². The molecule has 3 nitrogen and oxygen atoms in total. The molecular formula is C14H13FN2O. The van der Waals surface area contributed by atoms with Crippen LogP contribution in [-0.2, 0) is 17.8 Å². The van der Waals surface area contributed by atoms with Crippen LogP contribution in [0.25, 0.3) is 0 Å². The molecule has 0 unspecified atom stereocenters. The highest BCUT2D eigenvalue weighted by atomic mass is 19.1. The summed E-state index contributed by atoms with van der Waals surface area (Å²) >= 11 is 0. The molecule has 0 radical (unpaired) electrons. The number of nitrogens with one attached hydrogen (secondary N) is 1. The highest BCUT2D eigenvalue weighted by Gasteiger charge is 2.05. The molecule has 0 saturated heterocycles. The molecule has 1 aromatic heterocycles. The molecule has 0 aliphatic carbocycles.